The fourth-order valence-electron chi connectivity index (χ4n) is 2.04. The molecule has 1 aliphatic rings. The van der Waals surface area contributed by atoms with Gasteiger partial charge in [-0.15, -0.1) is 0 Å². The molecule has 0 bridgehead atoms. The van der Waals surface area contributed by atoms with Gasteiger partial charge in [-0.2, -0.15) is 5.10 Å². The largest absolute Gasteiger partial charge is 0.315 e. The fourth-order valence-corrected chi connectivity index (χ4v) is 2.04. The topological polar surface area (TPSA) is 33.1 Å². The van der Waals surface area contributed by atoms with E-state index in [1.165, 1.54) is 18.7 Å². The van der Waals surface area contributed by atoms with Crippen LogP contribution in [0.4, 0.5) is 0 Å². The molecule has 0 radical (unpaired) electrons. The minimum atomic E-state index is 0.458. The van der Waals surface area contributed by atoms with Gasteiger partial charge < -0.3 is 5.32 Å². The lowest BCUT2D eigenvalue weighted by Crippen LogP contribution is -2.27. The van der Waals surface area contributed by atoms with Crippen LogP contribution in [0.3, 0.4) is 0 Å². The number of aromatic nitrogens is 2. The molecule has 0 spiro atoms. The van der Waals surface area contributed by atoms with Crippen LogP contribution in [-0.4, -0.2) is 40.9 Å². The molecule has 0 amide bonds. The molecule has 1 fully saturated rings. The normalized spacial score (nSPS) is 18.9. The first-order valence-corrected chi connectivity index (χ1v) is 6.23. The zero-order valence-electron chi connectivity index (χ0n) is 10.3. The first-order chi connectivity index (χ1) is 7.75. The van der Waals surface area contributed by atoms with Crippen LogP contribution < -0.4 is 5.32 Å². The highest BCUT2D eigenvalue weighted by Crippen LogP contribution is 2.07. The highest BCUT2D eigenvalue weighted by molar-refractivity contribution is 4.99. The first kappa shape index (κ1) is 11.6. The zero-order valence-corrected chi connectivity index (χ0v) is 10.3. The van der Waals surface area contributed by atoms with E-state index in [9.17, 15) is 0 Å². The van der Waals surface area contributed by atoms with Crippen LogP contribution >= 0.6 is 0 Å². The Morgan fingerprint density at radius 3 is 3.00 bits per heavy atom. The van der Waals surface area contributed by atoms with Crippen molar-refractivity contribution in [1.82, 2.24) is 20.0 Å². The molecule has 4 heteroatoms. The van der Waals surface area contributed by atoms with Crippen molar-refractivity contribution in [2.75, 3.05) is 26.2 Å². The van der Waals surface area contributed by atoms with Crippen molar-refractivity contribution < 1.29 is 0 Å². The molecule has 1 N–H and O–H groups in total. The molecule has 1 aliphatic heterocycles. The van der Waals surface area contributed by atoms with Crippen molar-refractivity contribution in [2.45, 2.75) is 32.9 Å². The summed E-state index contributed by atoms with van der Waals surface area (Å²) in [6.45, 7) is 9.87. The van der Waals surface area contributed by atoms with Crippen LogP contribution in [0.5, 0.6) is 0 Å². The molecule has 0 unspecified atom stereocenters. The van der Waals surface area contributed by atoms with Crippen molar-refractivity contribution in [3.63, 3.8) is 0 Å². The van der Waals surface area contributed by atoms with Crippen LogP contribution in [0.2, 0.25) is 0 Å². The zero-order chi connectivity index (χ0) is 11.4. The third-order valence-corrected chi connectivity index (χ3v) is 3.01. The number of rotatable bonds is 3. The van der Waals surface area contributed by atoms with Crippen molar-refractivity contribution in [2.24, 2.45) is 0 Å². The van der Waals surface area contributed by atoms with Gasteiger partial charge in [-0.05, 0) is 39.4 Å². The maximum atomic E-state index is 4.59. The number of nitrogens with one attached hydrogen (secondary N) is 1. The summed E-state index contributed by atoms with van der Waals surface area (Å²) in [6, 6.07) is 2.60. The standard InChI is InChI=1S/C12H22N4/c1-11(2)16-8-4-12(14-16)10-15-7-3-5-13-6-9-15/h4,8,11,13H,3,5-7,9-10H2,1-2H3. The molecule has 16 heavy (non-hydrogen) atoms. The summed E-state index contributed by atoms with van der Waals surface area (Å²) in [4.78, 5) is 2.48. The van der Waals surface area contributed by atoms with Gasteiger partial charge in [-0.1, -0.05) is 0 Å². The van der Waals surface area contributed by atoms with Crippen LogP contribution in [-0.2, 0) is 6.54 Å². The van der Waals surface area contributed by atoms with Gasteiger partial charge in [0.1, 0.15) is 0 Å². The molecule has 1 saturated heterocycles. The Morgan fingerprint density at radius 1 is 1.38 bits per heavy atom. The molecule has 2 heterocycles. The molecule has 90 valence electrons. The third-order valence-electron chi connectivity index (χ3n) is 3.01. The molecule has 0 aliphatic carbocycles. The molecule has 1 aromatic rings. The van der Waals surface area contributed by atoms with E-state index in [1.807, 2.05) is 4.68 Å². The Morgan fingerprint density at radius 2 is 2.25 bits per heavy atom. The lowest BCUT2D eigenvalue weighted by Gasteiger charge is -2.17. The lowest BCUT2D eigenvalue weighted by molar-refractivity contribution is 0.279. The maximum absolute atomic E-state index is 4.59. The number of hydrogen-bond donors (Lipinski definition) is 1. The summed E-state index contributed by atoms with van der Waals surface area (Å²) < 4.78 is 2.03. The average Bonchev–Trinajstić information content (AvgIpc) is 2.56. The van der Waals surface area contributed by atoms with Crippen molar-refractivity contribution in [3.05, 3.63) is 18.0 Å². The van der Waals surface area contributed by atoms with E-state index in [-0.39, 0.29) is 0 Å². The van der Waals surface area contributed by atoms with Crippen molar-refractivity contribution in [3.8, 4) is 0 Å². The van der Waals surface area contributed by atoms with E-state index in [0.29, 0.717) is 6.04 Å². The van der Waals surface area contributed by atoms with E-state index in [1.54, 1.807) is 0 Å². The second kappa shape index (κ2) is 5.46. The summed E-state index contributed by atoms with van der Waals surface area (Å²) in [7, 11) is 0. The van der Waals surface area contributed by atoms with Gasteiger partial charge in [0.25, 0.3) is 0 Å². The van der Waals surface area contributed by atoms with E-state index >= 15 is 0 Å². The first-order valence-electron chi connectivity index (χ1n) is 6.23. The fraction of sp³-hybridized carbons (Fsp3) is 0.750. The van der Waals surface area contributed by atoms with Gasteiger partial charge in [0.15, 0.2) is 0 Å². The van der Waals surface area contributed by atoms with E-state index in [0.717, 1.165) is 26.2 Å². The Balaban J connectivity index is 1.91. The van der Waals surface area contributed by atoms with Gasteiger partial charge in [-0.25, -0.2) is 0 Å². The predicted molar refractivity (Wildman–Crippen MR) is 65.4 cm³/mol. The summed E-state index contributed by atoms with van der Waals surface area (Å²) in [5, 5.41) is 8.01. The Hall–Kier alpha value is -0.870. The highest BCUT2D eigenvalue weighted by Gasteiger charge is 2.10. The molecule has 1 aromatic heterocycles. The lowest BCUT2D eigenvalue weighted by atomic mass is 10.3. The van der Waals surface area contributed by atoms with Gasteiger partial charge in [0.05, 0.1) is 5.69 Å². The quantitative estimate of drug-likeness (QED) is 0.836. The van der Waals surface area contributed by atoms with E-state index in [4.69, 9.17) is 0 Å². The molecule has 0 atom stereocenters. The Labute approximate surface area is 97.6 Å². The van der Waals surface area contributed by atoms with Crippen molar-refractivity contribution >= 4 is 0 Å². The summed E-state index contributed by atoms with van der Waals surface area (Å²) >= 11 is 0. The second-order valence-electron chi connectivity index (χ2n) is 4.76. The van der Waals surface area contributed by atoms with Gasteiger partial charge in [0.2, 0.25) is 0 Å². The van der Waals surface area contributed by atoms with Crippen LogP contribution in [0.25, 0.3) is 0 Å². The Kier molecular flexibility index (Phi) is 3.96. The van der Waals surface area contributed by atoms with E-state index in [2.05, 4.69) is 41.4 Å². The molecular weight excluding hydrogens is 200 g/mol. The SMILES string of the molecule is CC(C)n1ccc(CN2CCCNCC2)n1. The molecular formula is C12H22N4. The molecule has 2 rings (SSSR count). The second-order valence-corrected chi connectivity index (χ2v) is 4.76. The predicted octanol–water partition coefficient (Wildman–Crippen LogP) is 1.26. The molecule has 0 aromatic carbocycles. The molecule has 0 saturated carbocycles. The number of nitrogens with zero attached hydrogens (tertiary/aromatic N) is 3. The van der Waals surface area contributed by atoms with Gasteiger partial charge in [0, 0.05) is 31.9 Å². The maximum Gasteiger partial charge on any atom is 0.0764 e. The molecule has 4 nitrogen and oxygen atoms in total. The van der Waals surface area contributed by atoms with Crippen molar-refractivity contribution in [1.29, 1.82) is 0 Å². The highest BCUT2D eigenvalue weighted by atomic mass is 15.3. The van der Waals surface area contributed by atoms with E-state index < -0.39 is 0 Å². The Bertz CT molecular complexity index is 311. The summed E-state index contributed by atoms with van der Waals surface area (Å²) in [6.07, 6.45) is 3.32. The average molecular weight is 222 g/mol. The summed E-state index contributed by atoms with van der Waals surface area (Å²) in [5.41, 5.74) is 1.19. The van der Waals surface area contributed by atoms with Crippen LogP contribution in [0, 0.1) is 0 Å². The monoisotopic (exact) mass is 222 g/mol. The van der Waals surface area contributed by atoms with Gasteiger partial charge in [-0.3, -0.25) is 9.58 Å². The smallest absolute Gasteiger partial charge is 0.0764 e. The minimum Gasteiger partial charge on any atom is -0.315 e. The van der Waals surface area contributed by atoms with Gasteiger partial charge >= 0.3 is 0 Å². The summed E-state index contributed by atoms with van der Waals surface area (Å²) in [5.74, 6) is 0. The number of hydrogen-bond acceptors (Lipinski definition) is 3. The minimum absolute atomic E-state index is 0.458. The third kappa shape index (κ3) is 3.06. The van der Waals surface area contributed by atoms with Crippen LogP contribution in [0.1, 0.15) is 32.0 Å². The van der Waals surface area contributed by atoms with Crippen LogP contribution in [0.15, 0.2) is 12.3 Å².